The Balaban J connectivity index is 1.12. The predicted molar refractivity (Wildman–Crippen MR) is 148 cm³/mol. The number of benzene rings is 2. The molecule has 1 atom stereocenters. The molecule has 38 heavy (non-hydrogen) atoms. The number of carbonyl (C=O) groups is 1. The van der Waals surface area contributed by atoms with Crippen LogP contribution in [0.5, 0.6) is 0 Å². The van der Waals surface area contributed by atoms with E-state index < -0.39 is 6.17 Å². The molecule has 6 nitrogen and oxygen atoms in total. The van der Waals surface area contributed by atoms with Crippen LogP contribution in [0.25, 0.3) is 26.4 Å². The molecule has 4 aromatic rings. The van der Waals surface area contributed by atoms with E-state index in [0.717, 1.165) is 66.2 Å². The monoisotopic (exact) mass is 537 g/mol. The van der Waals surface area contributed by atoms with Gasteiger partial charge < -0.3 is 10.2 Å². The zero-order chi connectivity index (χ0) is 26.2. The maximum Gasteiger partial charge on any atom is 0.251 e. The molecule has 9 heteroatoms. The number of piperidine rings is 1. The Hall–Kier alpha value is -2.88. The van der Waals surface area contributed by atoms with Gasteiger partial charge in [-0.3, -0.25) is 14.1 Å². The lowest BCUT2D eigenvalue weighted by Crippen LogP contribution is -2.36. The van der Waals surface area contributed by atoms with Crippen LogP contribution in [0.3, 0.4) is 0 Å². The molecule has 2 aliphatic rings. The minimum Gasteiger partial charge on any atom is -0.352 e. The van der Waals surface area contributed by atoms with Crippen molar-refractivity contribution in [3.8, 4) is 11.3 Å². The largest absolute Gasteiger partial charge is 0.352 e. The van der Waals surface area contributed by atoms with E-state index in [4.69, 9.17) is 4.98 Å². The normalized spacial score (nSPS) is 19.6. The number of imidazole rings is 1. The Morgan fingerprint density at radius 3 is 2.74 bits per heavy atom. The van der Waals surface area contributed by atoms with Gasteiger partial charge in [-0.2, -0.15) is 0 Å². The van der Waals surface area contributed by atoms with Crippen LogP contribution in [0.15, 0.2) is 42.6 Å². The summed E-state index contributed by atoms with van der Waals surface area (Å²) in [4.78, 5) is 22.7. The molecular weight excluding hydrogens is 504 g/mol. The van der Waals surface area contributed by atoms with Crippen LogP contribution in [-0.2, 0) is 0 Å². The van der Waals surface area contributed by atoms with Gasteiger partial charge in [0.15, 0.2) is 4.96 Å². The van der Waals surface area contributed by atoms with Gasteiger partial charge in [0.25, 0.3) is 5.91 Å². The van der Waals surface area contributed by atoms with Crippen LogP contribution < -0.4 is 5.32 Å². The van der Waals surface area contributed by atoms with Gasteiger partial charge in [-0.1, -0.05) is 17.4 Å². The van der Waals surface area contributed by atoms with Gasteiger partial charge >= 0.3 is 0 Å². The number of nitrogens with zero attached hydrogens (tertiary/aromatic N) is 4. The summed E-state index contributed by atoms with van der Waals surface area (Å²) >= 11 is 1.49. The zero-order valence-electron chi connectivity index (χ0n) is 21.6. The molecule has 0 bridgehead atoms. The van der Waals surface area contributed by atoms with Crippen molar-refractivity contribution >= 4 is 32.4 Å². The van der Waals surface area contributed by atoms with Crippen molar-refractivity contribution in [3.63, 3.8) is 0 Å². The van der Waals surface area contributed by atoms with Crippen molar-refractivity contribution in [2.45, 2.75) is 44.3 Å². The number of hydrogen-bond acceptors (Lipinski definition) is 5. The van der Waals surface area contributed by atoms with Gasteiger partial charge in [0.05, 0.1) is 15.9 Å². The van der Waals surface area contributed by atoms with E-state index in [0.29, 0.717) is 36.2 Å². The molecule has 4 heterocycles. The number of carbonyl (C=O) groups excluding carboxylic acids is 1. The summed E-state index contributed by atoms with van der Waals surface area (Å²) in [6.45, 7) is 4.10. The number of nitrogens with one attached hydrogen (secondary N) is 1. The second kappa shape index (κ2) is 10.7. The number of halogens is 2. The van der Waals surface area contributed by atoms with Gasteiger partial charge in [0, 0.05) is 43.0 Å². The second-order valence-corrected chi connectivity index (χ2v) is 11.6. The number of likely N-dealkylation sites (tertiary alicyclic amines) is 2. The van der Waals surface area contributed by atoms with E-state index in [-0.39, 0.29) is 17.8 Å². The molecule has 2 saturated heterocycles. The third-order valence-corrected chi connectivity index (χ3v) is 9.00. The van der Waals surface area contributed by atoms with Crippen molar-refractivity contribution in [1.82, 2.24) is 24.5 Å². The Kier molecular flexibility index (Phi) is 7.16. The van der Waals surface area contributed by atoms with Crippen LogP contribution in [0, 0.1) is 5.82 Å². The number of amides is 1. The summed E-state index contributed by atoms with van der Waals surface area (Å²) in [6, 6.07) is 11.4. The molecule has 6 rings (SSSR count). The molecule has 2 aromatic carbocycles. The van der Waals surface area contributed by atoms with Crippen LogP contribution >= 0.6 is 11.3 Å². The minimum absolute atomic E-state index is 0.101. The molecule has 0 saturated carbocycles. The van der Waals surface area contributed by atoms with Crippen molar-refractivity contribution in [2.24, 2.45) is 0 Å². The van der Waals surface area contributed by atoms with Gasteiger partial charge in [-0.05, 0) is 88.1 Å². The van der Waals surface area contributed by atoms with E-state index in [9.17, 15) is 9.18 Å². The number of alkyl halides is 1. The van der Waals surface area contributed by atoms with E-state index in [1.54, 1.807) is 6.07 Å². The molecular formula is C29H33F2N5OS. The van der Waals surface area contributed by atoms with E-state index in [1.165, 1.54) is 11.3 Å². The SMILES string of the molecule is CN1CCC[C@@H]1c1ccc(-c2cn3c(n2)sc2cc(C(=O)NCCCN4CCC(F)CC4)ccc23)c(F)c1. The first kappa shape index (κ1) is 25.4. The highest BCUT2D eigenvalue weighted by atomic mass is 32.1. The van der Waals surface area contributed by atoms with Crippen LogP contribution in [0.4, 0.5) is 8.78 Å². The second-order valence-electron chi connectivity index (χ2n) is 10.6. The first-order valence-electron chi connectivity index (χ1n) is 13.5. The number of thiazole rings is 1. The molecule has 2 aromatic heterocycles. The van der Waals surface area contributed by atoms with E-state index in [2.05, 4.69) is 22.2 Å². The first-order chi connectivity index (χ1) is 18.5. The maximum atomic E-state index is 15.1. The van der Waals surface area contributed by atoms with E-state index in [1.807, 2.05) is 40.9 Å². The summed E-state index contributed by atoms with van der Waals surface area (Å²) < 4.78 is 31.3. The molecule has 2 aliphatic heterocycles. The summed E-state index contributed by atoms with van der Waals surface area (Å²) in [5, 5.41) is 3.00. The predicted octanol–water partition coefficient (Wildman–Crippen LogP) is 5.68. The summed E-state index contributed by atoms with van der Waals surface area (Å²) in [7, 11) is 2.09. The van der Waals surface area contributed by atoms with Gasteiger partial charge in [0.1, 0.15) is 12.0 Å². The van der Waals surface area contributed by atoms with Crippen LogP contribution in [0.1, 0.15) is 54.1 Å². The Bertz CT molecular complexity index is 1460. The Morgan fingerprint density at radius 1 is 1.13 bits per heavy atom. The highest BCUT2D eigenvalue weighted by molar-refractivity contribution is 7.23. The first-order valence-corrected chi connectivity index (χ1v) is 14.3. The third kappa shape index (κ3) is 5.07. The fourth-order valence-electron chi connectivity index (χ4n) is 5.78. The Morgan fingerprint density at radius 2 is 1.97 bits per heavy atom. The van der Waals surface area contributed by atoms with Gasteiger partial charge in [-0.15, -0.1) is 0 Å². The molecule has 1 N–H and O–H groups in total. The fraction of sp³-hybridized carbons (Fsp3) is 0.448. The molecule has 0 spiro atoms. The van der Waals surface area contributed by atoms with Crippen molar-refractivity contribution in [3.05, 3.63) is 59.5 Å². The maximum absolute atomic E-state index is 15.1. The quantitative estimate of drug-likeness (QED) is 0.309. The van der Waals surface area contributed by atoms with Crippen LogP contribution in [0.2, 0.25) is 0 Å². The van der Waals surface area contributed by atoms with Gasteiger partial charge in [-0.25, -0.2) is 13.8 Å². The smallest absolute Gasteiger partial charge is 0.251 e. The standard InChI is InChI=1S/C29H33F2N5OS/c1-34-12-2-4-25(34)19-5-7-22(23(31)16-19)24-18-36-26-8-6-20(17-27(26)38-29(36)33-24)28(37)32-11-3-13-35-14-9-21(30)10-15-35/h5-8,16-18,21,25H,2-4,9-15H2,1H3,(H,32,37)/t25-/m1/s1. The van der Waals surface area contributed by atoms with Crippen molar-refractivity contribution < 1.29 is 13.6 Å². The number of fused-ring (bicyclic) bond motifs is 3. The lowest BCUT2D eigenvalue weighted by molar-refractivity contribution is 0.0950. The van der Waals surface area contributed by atoms with Gasteiger partial charge in [0.2, 0.25) is 0 Å². The number of hydrogen-bond donors (Lipinski definition) is 1. The third-order valence-electron chi connectivity index (χ3n) is 7.98. The molecule has 0 aliphatic carbocycles. The fourth-order valence-corrected chi connectivity index (χ4v) is 6.83. The molecule has 1 amide bonds. The molecule has 0 radical (unpaired) electrons. The topological polar surface area (TPSA) is 52.9 Å². The molecule has 200 valence electrons. The Labute approximate surface area is 225 Å². The molecule has 0 unspecified atom stereocenters. The minimum atomic E-state index is -0.663. The number of rotatable bonds is 7. The average Bonchev–Trinajstić information content (AvgIpc) is 3.61. The molecule has 2 fully saturated rings. The average molecular weight is 538 g/mol. The van der Waals surface area contributed by atoms with Crippen LogP contribution in [-0.4, -0.2) is 71.0 Å². The summed E-state index contributed by atoms with van der Waals surface area (Å²) in [6.07, 6.45) is 5.47. The highest BCUT2D eigenvalue weighted by Crippen LogP contribution is 2.34. The lowest BCUT2D eigenvalue weighted by Gasteiger charge is -2.28. The summed E-state index contributed by atoms with van der Waals surface area (Å²) in [5.41, 5.74) is 3.69. The van der Waals surface area contributed by atoms with Crippen molar-refractivity contribution in [2.75, 3.05) is 39.8 Å². The lowest BCUT2D eigenvalue weighted by atomic mass is 10.0. The highest BCUT2D eigenvalue weighted by Gasteiger charge is 2.24. The number of aromatic nitrogens is 2. The summed E-state index contributed by atoms with van der Waals surface area (Å²) in [5.74, 6) is -0.347. The van der Waals surface area contributed by atoms with Crippen molar-refractivity contribution in [1.29, 1.82) is 0 Å². The zero-order valence-corrected chi connectivity index (χ0v) is 22.4. The van der Waals surface area contributed by atoms with E-state index >= 15 is 4.39 Å².